The minimum absolute atomic E-state index is 0.142. The summed E-state index contributed by atoms with van der Waals surface area (Å²) in [4.78, 5) is 11.8. The molecule has 1 heterocycles. The molecule has 1 aromatic heterocycles. The van der Waals surface area contributed by atoms with Gasteiger partial charge in [0.05, 0.1) is 18.8 Å². The van der Waals surface area contributed by atoms with E-state index < -0.39 is 12.0 Å². The first-order valence-corrected chi connectivity index (χ1v) is 5.63. The Hall–Kier alpha value is -1.31. The fourth-order valence-electron chi connectivity index (χ4n) is 1.27. The average Bonchev–Trinajstić information content (AvgIpc) is 2.55. The van der Waals surface area contributed by atoms with Gasteiger partial charge in [-0.2, -0.15) is 4.74 Å². The third-order valence-electron chi connectivity index (χ3n) is 2.00. The van der Waals surface area contributed by atoms with Crippen molar-refractivity contribution in [3.63, 3.8) is 0 Å². The van der Waals surface area contributed by atoms with Gasteiger partial charge in [-0.15, -0.1) is 0 Å². The molecule has 1 rings (SSSR count). The van der Waals surface area contributed by atoms with Crippen molar-refractivity contribution in [2.45, 2.75) is 39.3 Å². The Morgan fingerprint density at radius 2 is 2.22 bits per heavy atom. The molecule has 0 radical (unpaired) electrons. The second-order valence-corrected chi connectivity index (χ2v) is 4.76. The van der Waals surface area contributed by atoms with Crippen LogP contribution in [-0.2, 0) is 16.0 Å². The number of nitrogens with one attached hydrogen (secondary N) is 1. The third kappa shape index (κ3) is 4.52. The molecule has 0 aromatic carbocycles. The quantitative estimate of drug-likeness (QED) is 0.728. The maximum atomic E-state index is 11.8. The highest BCUT2D eigenvalue weighted by Crippen LogP contribution is 2.11. The van der Waals surface area contributed by atoms with Gasteiger partial charge in [-0.1, -0.05) is 0 Å². The fraction of sp³-hybridized carbons (Fsp3) is 0.727. The van der Waals surface area contributed by atoms with Crippen LogP contribution >= 0.6 is 0 Å². The van der Waals surface area contributed by atoms with Gasteiger partial charge in [-0.05, 0) is 20.8 Å². The Morgan fingerprint density at radius 1 is 1.56 bits per heavy atom. The Balaban J connectivity index is 2.63. The summed E-state index contributed by atoms with van der Waals surface area (Å²) in [6.07, 6.45) is -0.0427. The van der Waals surface area contributed by atoms with Gasteiger partial charge in [0.15, 0.2) is 0 Å². The lowest BCUT2D eigenvalue weighted by atomic mass is 10.2. The summed E-state index contributed by atoms with van der Waals surface area (Å²) in [6, 6.07) is 0. The van der Waals surface area contributed by atoms with Gasteiger partial charge >= 0.3 is 5.56 Å². The second kappa shape index (κ2) is 6.03. The standard InChI is InChI=1S/C11H20N2O5/c1-11(2,3)18-10(15)12-8-7-17-13(9(8)14)5-6-16-4/h7,10,12,15H,5-6H2,1-4H3. The summed E-state index contributed by atoms with van der Waals surface area (Å²) in [5, 5.41) is 12.1. The number of aromatic nitrogens is 1. The molecule has 0 aliphatic heterocycles. The van der Waals surface area contributed by atoms with E-state index in [4.69, 9.17) is 14.0 Å². The van der Waals surface area contributed by atoms with E-state index in [-0.39, 0.29) is 11.2 Å². The van der Waals surface area contributed by atoms with Crippen LogP contribution in [0.25, 0.3) is 0 Å². The van der Waals surface area contributed by atoms with Crippen LogP contribution in [0.5, 0.6) is 0 Å². The maximum absolute atomic E-state index is 11.8. The molecule has 18 heavy (non-hydrogen) atoms. The van der Waals surface area contributed by atoms with E-state index >= 15 is 0 Å². The Labute approximate surface area is 105 Å². The zero-order chi connectivity index (χ0) is 13.8. The van der Waals surface area contributed by atoms with Gasteiger partial charge in [-0.25, -0.2) is 0 Å². The van der Waals surface area contributed by atoms with Crippen LogP contribution in [-0.4, -0.2) is 35.6 Å². The van der Waals surface area contributed by atoms with Crippen molar-refractivity contribution in [1.29, 1.82) is 0 Å². The highest BCUT2D eigenvalue weighted by molar-refractivity contribution is 5.36. The van der Waals surface area contributed by atoms with E-state index in [1.54, 1.807) is 20.8 Å². The van der Waals surface area contributed by atoms with Crippen LogP contribution in [0.4, 0.5) is 5.69 Å². The Bertz CT molecular complexity index is 418. The number of hydrogen-bond acceptors (Lipinski definition) is 6. The largest absolute Gasteiger partial charge is 0.383 e. The number of hydrogen-bond donors (Lipinski definition) is 2. The zero-order valence-corrected chi connectivity index (χ0v) is 11.1. The molecule has 0 amide bonds. The van der Waals surface area contributed by atoms with Crippen LogP contribution in [0, 0.1) is 0 Å². The predicted molar refractivity (Wildman–Crippen MR) is 65.3 cm³/mol. The fourth-order valence-corrected chi connectivity index (χ4v) is 1.27. The van der Waals surface area contributed by atoms with Gasteiger partial charge in [0, 0.05) is 7.11 Å². The molecule has 7 heteroatoms. The summed E-state index contributed by atoms with van der Waals surface area (Å²) in [7, 11) is 1.54. The average molecular weight is 260 g/mol. The molecule has 7 nitrogen and oxygen atoms in total. The zero-order valence-electron chi connectivity index (χ0n) is 11.1. The summed E-state index contributed by atoms with van der Waals surface area (Å²) in [6.45, 7) is 6.07. The molecule has 1 aromatic rings. The lowest BCUT2D eigenvalue weighted by Crippen LogP contribution is -2.34. The first-order chi connectivity index (χ1) is 8.33. The van der Waals surface area contributed by atoms with Crippen LogP contribution in [0.1, 0.15) is 20.8 Å². The molecule has 0 aliphatic carbocycles. The van der Waals surface area contributed by atoms with Gasteiger partial charge in [0.1, 0.15) is 12.0 Å². The molecule has 0 bridgehead atoms. The molecule has 2 N–H and O–H groups in total. The van der Waals surface area contributed by atoms with E-state index in [1.807, 2.05) is 0 Å². The molecular weight excluding hydrogens is 240 g/mol. The van der Waals surface area contributed by atoms with Crippen LogP contribution in [0.3, 0.4) is 0 Å². The van der Waals surface area contributed by atoms with Gasteiger partial charge in [0.25, 0.3) is 0 Å². The third-order valence-corrected chi connectivity index (χ3v) is 2.00. The van der Waals surface area contributed by atoms with Crippen molar-refractivity contribution in [1.82, 2.24) is 4.74 Å². The number of nitrogens with zero attached hydrogens (tertiary/aromatic N) is 1. The number of aliphatic hydroxyl groups excluding tert-OH is 1. The normalized spacial score (nSPS) is 13.6. The van der Waals surface area contributed by atoms with E-state index in [2.05, 4.69) is 5.32 Å². The number of anilines is 1. The molecule has 0 saturated heterocycles. The minimum atomic E-state index is -1.27. The number of methoxy groups -OCH3 is 1. The SMILES string of the molecule is COCCn1occ(NC(O)OC(C)(C)C)c1=O. The lowest BCUT2D eigenvalue weighted by Gasteiger charge is -2.23. The minimum Gasteiger partial charge on any atom is -0.383 e. The van der Waals surface area contributed by atoms with Crippen molar-refractivity contribution >= 4 is 5.69 Å². The Morgan fingerprint density at radius 3 is 2.78 bits per heavy atom. The smallest absolute Gasteiger partial charge is 0.306 e. The van der Waals surface area contributed by atoms with Crippen LogP contribution in [0.15, 0.2) is 15.6 Å². The van der Waals surface area contributed by atoms with Crippen molar-refractivity contribution in [3.8, 4) is 0 Å². The Kier molecular flexibility index (Phi) is 4.94. The van der Waals surface area contributed by atoms with Gasteiger partial charge < -0.3 is 24.4 Å². The topological polar surface area (TPSA) is 85.9 Å². The monoisotopic (exact) mass is 260 g/mol. The van der Waals surface area contributed by atoms with Gasteiger partial charge in [0.2, 0.25) is 6.41 Å². The van der Waals surface area contributed by atoms with Crippen molar-refractivity contribution in [2.75, 3.05) is 19.0 Å². The van der Waals surface area contributed by atoms with Crippen molar-refractivity contribution < 1.29 is 19.1 Å². The van der Waals surface area contributed by atoms with Crippen LogP contribution < -0.4 is 10.9 Å². The van der Waals surface area contributed by atoms with Crippen molar-refractivity contribution in [2.24, 2.45) is 0 Å². The number of rotatable bonds is 6. The molecule has 1 atom stereocenters. The first kappa shape index (κ1) is 14.7. The molecule has 0 spiro atoms. The predicted octanol–water partition coefficient (Wildman–Crippen LogP) is 0.591. The molecule has 1 unspecified atom stereocenters. The highest BCUT2D eigenvalue weighted by Gasteiger charge is 2.18. The molecule has 0 fully saturated rings. The second-order valence-electron chi connectivity index (χ2n) is 4.76. The molecule has 104 valence electrons. The first-order valence-electron chi connectivity index (χ1n) is 5.63. The number of ether oxygens (including phenoxy) is 2. The summed E-state index contributed by atoms with van der Waals surface area (Å²) < 4.78 is 16.2. The van der Waals surface area contributed by atoms with E-state index in [1.165, 1.54) is 13.4 Å². The summed E-state index contributed by atoms with van der Waals surface area (Å²) in [5.41, 5.74) is -0.753. The van der Waals surface area contributed by atoms with E-state index in [0.29, 0.717) is 13.2 Å². The molecule has 0 saturated carbocycles. The van der Waals surface area contributed by atoms with Gasteiger partial charge in [-0.3, -0.25) is 4.79 Å². The van der Waals surface area contributed by atoms with Crippen molar-refractivity contribution in [3.05, 3.63) is 16.6 Å². The molecule has 0 aliphatic rings. The van der Waals surface area contributed by atoms with E-state index in [9.17, 15) is 9.90 Å². The maximum Gasteiger partial charge on any atom is 0.306 e. The summed E-state index contributed by atoms with van der Waals surface area (Å²) >= 11 is 0. The van der Waals surface area contributed by atoms with Crippen LogP contribution in [0.2, 0.25) is 0 Å². The van der Waals surface area contributed by atoms with E-state index in [0.717, 1.165) is 4.74 Å². The number of aliphatic hydroxyl groups is 1. The molecular formula is C11H20N2O5. The highest BCUT2D eigenvalue weighted by atomic mass is 16.6. The summed E-state index contributed by atoms with van der Waals surface area (Å²) in [5.74, 6) is 0. The lowest BCUT2D eigenvalue weighted by molar-refractivity contribution is -0.148.